The first kappa shape index (κ1) is 18.0. The van der Waals surface area contributed by atoms with Gasteiger partial charge in [0.05, 0.1) is 11.5 Å². The van der Waals surface area contributed by atoms with Crippen LogP contribution >= 0.6 is 0 Å². The Kier molecular flexibility index (Phi) is 7.24. The molecule has 0 heterocycles. The molecule has 0 atom stereocenters. The van der Waals surface area contributed by atoms with Crippen molar-refractivity contribution in [3.8, 4) is 0 Å². The Labute approximate surface area is 125 Å². The maximum absolute atomic E-state index is 13.5. The van der Waals surface area contributed by atoms with E-state index in [0.29, 0.717) is 12.5 Å². The van der Waals surface area contributed by atoms with Gasteiger partial charge in [-0.05, 0) is 24.5 Å². The maximum atomic E-state index is 13.5. The lowest BCUT2D eigenvalue weighted by molar-refractivity contribution is 0.128. The lowest BCUT2D eigenvalue weighted by Gasteiger charge is -2.11. The summed E-state index contributed by atoms with van der Waals surface area (Å²) in [5.41, 5.74) is 5.41. The first-order chi connectivity index (χ1) is 9.88. The van der Waals surface area contributed by atoms with Gasteiger partial charge in [0.1, 0.15) is 5.82 Å². The number of hydrogen-bond donors (Lipinski definition) is 2. The summed E-state index contributed by atoms with van der Waals surface area (Å²) in [6.45, 7) is 5.01. The molecule has 0 fully saturated rings. The number of hydrogen-bond acceptors (Lipinski definition) is 4. The predicted molar refractivity (Wildman–Crippen MR) is 79.8 cm³/mol. The van der Waals surface area contributed by atoms with Crippen molar-refractivity contribution in [2.45, 2.75) is 31.7 Å². The molecule has 0 spiro atoms. The fourth-order valence-electron chi connectivity index (χ4n) is 1.74. The molecule has 5 nitrogen and oxygen atoms in total. The summed E-state index contributed by atoms with van der Waals surface area (Å²) in [5, 5.41) is 0. The summed E-state index contributed by atoms with van der Waals surface area (Å²) in [4.78, 5) is -0.118. The fraction of sp³-hybridized carbons (Fsp3) is 0.571. The lowest BCUT2D eigenvalue weighted by Crippen LogP contribution is -2.29. The second-order valence-electron chi connectivity index (χ2n) is 5.11. The number of benzene rings is 1. The number of halogens is 1. The highest BCUT2D eigenvalue weighted by Gasteiger charge is 2.19. The van der Waals surface area contributed by atoms with Gasteiger partial charge in [-0.3, -0.25) is 0 Å². The molecule has 0 radical (unpaired) electrons. The highest BCUT2D eigenvalue weighted by atomic mass is 32.2. The monoisotopic (exact) mass is 318 g/mol. The summed E-state index contributed by atoms with van der Waals surface area (Å²) >= 11 is 0. The highest BCUT2D eigenvalue weighted by Crippen LogP contribution is 2.18. The number of nitrogens with two attached hydrogens (primary N) is 1. The van der Waals surface area contributed by atoms with Crippen LogP contribution in [-0.4, -0.2) is 28.2 Å². The van der Waals surface area contributed by atoms with E-state index < -0.39 is 15.8 Å². The van der Waals surface area contributed by atoms with E-state index in [2.05, 4.69) is 18.6 Å². The minimum absolute atomic E-state index is 0.00859. The molecule has 120 valence electrons. The van der Waals surface area contributed by atoms with Crippen LogP contribution in [0, 0.1) is 11.7 Å². The predicted octanol–water partition coefficient (Wildman–Crippen LogP) is 1.63. The molecule has 1 rings (SSSR count). The van der Waals surface area contributed by atoms with Crippen molar-refractivity contribution in [1.29, 1.82) is 0 Å². The van der Waals surface area contributed by atoms with Gasteiger partial charge in [0.25, 0.3) is 0 Å². The first-order valence-corrected chi connectivity index (χ1v) is 8.41. The van der Waals surface area contributed by atoms with Crippen LogP contribution in [0.15, 0.2) is 23.1 Å². The van der Waals surface area contributed by atoms with Gasteiger partial charge >= 0.3 is 0 Å². The largest absolute Gasteiger partial charge is 0.380 e. The zero-order valence-electron chi connectivity index (χ0n) is 12.4. The molecule has 0 aliphatic rings. The second kappa shape index (κ2) is 8.43. The van der Waals surface area contributed by atoms with E-state index in [1.165, 1.54) is 18.2 Å². The molecule has 3 N–H and O–H groups in total. The van der Waals surface area contributed by atoms with Crippen LogP contribution in [0.5, 0.6) is 0 Å². The average Bonchev–Trinajstić information content (AvgIpc) is 2.42. The number of nitrogens with one attached hydrogen (secondary N) is 1. The smallest absolute Gasteiger partial charge is 0.241 e. The minimum Gasteiger partial charge on any atom is -0.380 e. The van der Waals surface area contributed by atoms with Crippen LogP contribution in [0.3, 0.4) is 0 Å². The van der Waals surface area contributed by atoms with Crippen LogP contribution in [0.1, 0.15) is 25.8 Å². The van der Waals surface area contributed by atoms with Crippen molar-refractivity contribution in [3.63, 3.8) is 0 Å². The van der Waals surface area contributed by atoms with E-state index >= 15 is 0 Å². The van der Waals surface area contributed by atoms with Crippen molar-refractivity contribution >= 4 is 10.0 Å². The Morgan fingerprint density at radius 3 is 2.67 bits per heavy atom. The summed E-state index contributed by atoms with van der Waals surface area (Å²) in [7, 11) is -3.78. The number of sulfonamides is 1. The van der Waals surface area contributed by atoms with Gasteiger partial charge in [-0.15, -0.1) is 0 Å². The summed E-state index contributed by atoms with van der Waals surface area (Å²) in [6, 6.07) is 3.88. The van der Waals surface area contributed by atoms with Gasteiger partial charge in [0, 0.05) is 25.3 Å². The zero-order valence-corrected chi connectivity index (χ0v) is 13.2. The van der Waals surface area contributed by atoms with Gasteiger partial charge in [-0.1, -0.05) is 19.9 Å². The number of ether oxygens (including phenoxy) is 1. The summed E-state index contributed by atoms with van der Waals surface area (Å²) in [6.07, 6.45) is 0.925. The molecule has 1 aromatic rings. The standard InChI is InChI=1S/C14H23FN2O3S/c1-11(2)6-8-20-9-7-17-21(18,19)14-5-3-4-13(15)12(14)10-16/h3-5,11,17H,6-10,16H2,1-2H3. The molecular weight excluding hydrogens is 295 g/mol. The lowest BCUT2D eigenvalue weighted by atomic mass is 10.1. The van der Waals surface area contributed by atoms with Crippen LogP contribution in [0.25, 0.3) is 0 Å². The van der Waals surface area contributed by atoms with Gasteiger partial charge in [-0.2, -0.15) is 0 Å². The molecular formula is C14H23FN2O3S. The van der Waals surface area contributed by atoms with Crippen LogP contribution in [0.4, 0.5) is 4.39 Å². The van der Waals surface area contributed by atoms with Crippen molar-refractivity contribution in [1.82, 2.24) is 4.72 Å². The Morgan fingerprint density at radius 2 is 2.05 bits per heavy atom. The van der Waals surface area contributed by atoms with Crippen LogP contribution in [0.2, 0.25) is 0 Å². The van der Waals surface area contributed by atoms with Gasteiger partial charge in [0.15, 0.2) is 0 Å². The van der Waals surface area contributed by atoms with Crippen molar-refractivity contribution in [2.75, 3.05) is 19.8 Å². The SMILES string of the molecule is CC(C)CCOCCNS(=O)(=O)c1cccc(F)c1CN. The molecule has 21 heavy (non-hydrogen) atoms. The Morgan fingerprint density at radius 1 is 1.33 bits per heavy atom. The van der Waals surface area contributed by atoms with Crippen molar-refractivity contribution < 1.29 is 17.5 Å². The number of rotatable bonds is 9. The molecule has 1 aromatic carbocycles. The third kappa shape index (κ3) is 5.70. The molecule has 0 amide bonds. The van der Waals surface area contributed by atoms with Gasteiger partial charge < -0.3 is 10.5 Å². The highest BCUT2D eigenvalue weighted by molar-refractivity contribution is 7.89. The van der Waals surface area contributed by atoms with Gasteiger partial charge in [0.2, 0.25) is 10.0 Å². The van der Waals surface area contributed by atoms with Gasteiger partial charge in [-0.25, -0.2) is 17.5 Å². The second-order valence-corrected chi connectivity index (χ2v) is 6.85. The van der Waals surface area contributed by atoms with E-state index in [1.807, 2.05) is 0 Å². The Balaban J connectivity index is 2.56. The van der Waals surface area contributed by atoms with Crippen LogP contribution in [-0.2, 0) is 21.3 Å². The average molecular weight is 318 g/mol. The molecule has 0 saturated carbocycles. The topological polar surface area (TPSA) is 81.4 Å². The minimum atomic E-state index is -3.78. The quantitative estimate of drug-likeness (QED) is 0.678. The molecule has 0 unspecified atom stereocenters. The van der Waals surface area contributed by atoms with Crippen LogP contribution < -0.4 is 10.5 Å². The van der Waals surface area contributed by atoms with E-state index in [4.69, 9.17) is 10.5 Å². The normalized spacial score (nSPS) is 12.0. The summed E-state index contributed by atoms with van der Waals surface area (Å²) in [5.74, 6) is -0.0744. The molecule has 0 aromatic heterocycles. The zero-order chi connectivity index (χ0) is 15.9. The van der Waals surface area contributed by atoms with Crippen molar-refractivity contribution in [2.24, 2.45) is 11.7 Å². The third-order valence-electron chi connectivity index (χ3n) is 2.95. The van der Waals surface area contributed by atoms with E-state index in [1.54, 1.807) is 0 Å². The van der Waals surface area contributed by atoms with E-state index in [0.717, 1.165) is 6.42 Å². The Bertz CT molecular complexity index is 547. The van der Waals surface area contributed by atoms with Crippen molar-refractivity contribution in [3.05, 3.63) is 29.6 Å². The molecule has 0 aliphatic carbocycles. The van der Waals surface area contributed by atoms with E-state index in [9.17, 15) is 12.8 Å². The molecule has 0 aliphatic heterocycles. The Hall–Kier alpha value is -1.02. The third-order valence-corrected chi connectivity index (χ3v) is 4.49. The first-order valence-electron chi connectivity index (χ1n) is 6.93. The van der Waals surface area contributed by atoms with E-state index in [-0.39, 0.29) is 30.2 Å². The fourth-order valence-corrected chi connectivity index (χ4v) is 3.01. The maximum Gasteiger partial charge on any atom is 0.241 e. The molecule has 7 heteroatoms. The summed E-state index contributed by atoms with van der Waals surface area (Å²) < 4.78 is 45.5. The molecule has 0 bridgehead atoms. The molecule has 0 saturated heterocycles.